The van der Waals surface area contributed by atoms with Crippen molar-refractivity contribution >= 4 is 11.8 Å². The molecule has 2 atom stereocenters. The molecule has 6 nitrogen and oxygen atoms in total. The van der Waals surface area contributed by atoms with Crippen LogP contribution >= 0.6 is 0 Å². The molecular formula is C14H25N3O3. The monoisotopic (exact) mass is 283 g/mol. The first kappa shape index (κ1) is 15.3. The standard InChI is InChI=1S/C14H25N3O3/c1-2-3-10(8-15)14(19)17-6-7-20-9-12(17)13(18)16-11-4-5-11/h10-12H,2-9,15H2,1H3,(H,16,18). The fraction of sp³-hybridized carbons (Fsp3) is 0.857. The van der Waals surface area contributed by atoms with E-state index in [1.54, 1.807) is 4.90 Å². The number of carbonyl (C=O) groups is 2. The molecule has 0 bridgehead atoms. The molecule has 1 saturated heterocycles. The summed E-state index contributed by atoms with van der Waals surface area (Å²) in [7, 11) is 0. The highest BCUT2D eigenvalue weighted by atomic mass is 16.5. The summed E-state index contributed by atoms with van der Waals surface area (Å²) in [6.07, 6.45) is 3.75. The first-order valence-corrected chi connectivity index (χ1v) is 7.56. The molecule has 0 spiro atoms. The van der Waals surface area contributed by atoms with E-state index in [2.05, 4.69) is 5.32 Å². The van der Waals surface area contributed by atoms with E-state index >= 15 is 0 Å². The van der Waals surface area contributed by atoms with Crippen LogP contribution in [0.15, 0.2) is 0 Å². The number of rotatable bonds is 6. The van der Waals surface area contributed by atoms with Gasteiger partial charge in [0.1, 0.15) is 6.04 Å². The third kappa shape index (κ3) is 3.70. The number of nitrogens with one attached hydrogen (secondary N) is 1. The smallest absolute Gasteiger partial charge is 0.245 e. The van der Waals surface area contributed by atoms with Crippen molar-refractivity contribution in [2.24, 2.45) is 11.7 Å². The van der Waals surface area contributed by atoms with Crippen LogP contribution in [0.4, 0.5) is 0 Å². The molecule has 2 amide bonds. The Labute approximate surface area is 120 Å². The SMILES string of the molecule is CCCC(CN)C(=O)N1CCOCC1C(=O)NC1CC1. The van der Waals surface area contributed by atoms with Crippen molar-refractivity contribution in [1.82, 2.24) is 10.2 Å². The molecule has 1 heterocycles. The molecule has 20 heavy (non-hydrogen) atoms. The van der Waals surface area contributed by atoms with Crippen LogP contribution in [0.3, 0.4) is 0 Å². The maximum atomic E-state index is 12.5. The van der Waals surface area contributed by atoms with Gasteiger partial charge in [0.05, 0.1) is 19.1 Å². The van der Waals surface area contributed by atoms with Crippen molar-refractivity contribution in [1.29, 1.82) is 0 Å². The number of hydrogen-bond donors (Lipinski definition) is 2. The number of ether oxygens (including phenoxy) is 1. The van der Waals surface area contributed by atoms with E-state index in [4.69, 9.17) is 10.5 Å². The minimum Gasteiger partial charge on any atom is -0.377 e. The minimum absolute atomic E-state index is 0.00593. The van der Waals surface area contributed by atoms with Crippen LogP contribution in [-0.4, -0.2) is 55.1 Å². The molecule has 0 aromatic heterocycles. The van der Waals surface area contributed by atoms with Crippen LogP contribution in [0, 0.1) is 5.92 Å². The van der Waals surface area contributed by atoms with E-state index < -0.39 is 6.04 Å². The van der Waals surface area contributed by atoms with Crippen LogP contribution < -0.4 is 11.1 Å². The third-order valence-electron chi connectivity index (χ3n) is 3.91. The van der Waals surface area contributed by atoms with Gasteiger partial charge in [-0.1, -0.05) is 13.3 Å². The Morgan fingerprint density at radius 3 is 2.80 bits per heavy atom. The van der Waals surface area contributed by atoms with E-state index in [-0.39, 0.29) is 24.3 Å². The first-order chi connectivity index (χ1) is 9.67. The zero-order valence-corrected chi connectivity index (χ0v) is 12.1. The number of morpholine rings is 1. The predicted molar refractivity (Wildman–Crippen MR) is 74.9 cm³/mol. The summed E-state index contributed by atoms with van der Waals surface area (Å²) in [6.45, 7) is 3.62. The average molecular weight is 283 g/mol. The highest BCUT2D eigenvalue weighted by Gasteiger charge is 2.37. The first-order valence-electron chi connectivity index (χ1n) is 7.56. The van der Waals surface area contributed by atoms with E-state index in [0.717, 1.165) is 25.7 Å². The van der Waals surface area contributed by atoms with Crippen molar-refractivity contribution < 1.29 is 14.3 Å². The molecule has 0 radical (unpaired) electrons. The Balaban J connectivity index is 2.00. The lowest BCUT2D eigenvalue weighted by Gasteiger charge is -2.36. The molecule has 2 aliphatic rings. The molecule has 1 aliphatic carbocycles. The third-order valence-corrected chi connectivity index (χ3v) is 3.91. The Bertz CT molecular complexity index is 358. The van der Waals surface area contributed by atoms with Gasteiger partial charge in [0.2, 0.25) is 11.8 Å². The molecule has 0 aromatic carbocycles. The summed E-state index contributed by atoms with van der Waals surface area (Å²) in [6, 6.07) is -0.204. The van der Waals surface area contributed by atoms with Gasteiger partial charge in [0.15, 0.2) is 0 Å². The van der Waals surface area contributed by atoms with Crippen molar-refractivity contribution in [2.45, 2.75) is 44.7 Å². The zero-order valence-electron chi connectivity index (χ0n) is 12.1. The number of nitrogens with zero attached hydrogens (tertiary/aromatic N) is 1. The zero-order chi connectivity index (χ0) is 14.5. The van der Waals surface area contributed by atoms with Crippen molar-refractivity contribution in [2.75, 3.05) is 26.3 Å². The van der Waals surface area contributed by atoms with Gasteiger partial charge in [-0.25, -0.2) is 0 Å². The van der Waals surface area contributed by atoms with Gasteiger partial charge >= 0.3 is 0 Å². The molecule has 0 aromatic rings. The van der Waals surface area contributed by atoms with E-state index in [0.29, 0.717) is 25.7 Å². The van der Waals surface area contributed by atoms with Crippen LogP contribution in [0.25, 0.3) is 0 Å². The Hall–Kier alpha value is -1.14. The van der Waals surface area contributed by atoms with E-state index in [1.165, 1.54) is 0 Å². The van der Waals surface area contributed by atoms with Gasteiger partial charge in [0, 0.05) is 19.1 Å². The van der Waals surface area contributed by atoms with Gasteiger partial charge in [-0.05, 0) is 19.3 Å². The second-order valence-electron chi connectivity index (χ2n) is 5.63. The average Bonchev–Trinajstić information content (AvgIpc) is 3.28. The number of carbonyl (C=O) groups excluding carboxylic acids is 2. The predicted octanol–water partition coefficient (Wildman–Crippen LogP) is -0.133. The van der Waals surface area contributed by atoms with Crippen LogP contribution in [0.2, 0.25) is 0 Å². The van der Waals surface area contributed by atoms with Crippen LogP contribution in [0.1, 0.15) is 32.6 Å². The highest BCUT2D eigenvalue weighted by Crippen LogP contribution is 2.20. The largest absolute Gasteiger partial charge is 0.377 e. The van der Waals surface area contributed by atoms with Gasteiger partial charge in [-0.2, -0.15) is 0 Å². The summed E-state index contributed by atoms with van der Waals surface area (Å²) >= 11 is 0. The summed E-state index contributed by atoms with van der Waals surface area (Å²) < 4.78 is 5.37. The molecule has 1 saturated carbocycles. The van der Waals surface area contributed by atoms with Crippen LogP contribution in [0.5, 0.6) is 0 Å². The lowest BCUT2D eigenvalue weighted by atomic mass is 10.0. The fourth-order valence-electron chi connectivity index (χ4n) is 2.53. The molecular weight excluding hydrogens is 258 g/mol. The Morgan fingerprint density at radius 2 is 2.20 bits per heavy atom. The van der Waals surface area contributed by atoms with E-state index in [9.17, 15) is 9.59 Å². The second kappa shape index (κ2) is 7.04. The number of hydrogen-bond acceptors (Lipinski definition) is 4. The lowest BCUT2D eigenvalue weighted by Crippen LogP contribution is -2.58. The molecule has 2 fully saturated rings. The quantitative estimate of drug-likeness (QED) is 0.711. The van der Waals surface area contributed by atoms with Crippen LogP contribution in [-0.2, 0) is 14.3 Å². The summed E-state index contributed by atoms with van der Waals surface area (Å²) in [5.74, 6) is -0.282. The maximum absolute atomic E-state index is 12.5. The van der Waals surface area contributed by atoms with Gasteiger partial charge in [-0.3, -0.25) is 9.59 Å². The van der Waals surface area contributed by atoms with Crippen molar-refractivity contribution in [3.05, 3.63) is 0 Å². The lowest BCUT2D eigenvalue weighted by molar-refractivity contribution is -0.151. The summed E-state index contributed by atoms with van der Waals surface area (Å²) in [5.41, 5.74) is 5.70. The molecule has 2 unspecified atom stereocenters. The molecule has 1 aliphatic heterocycles. The highest BCUT2D eigenvalue weighted by molar-refractivity contribution is 5.89. The molecule has 114 valence electrons. The van der Waals surface area contributed by atoms with Crippen molar-refractivity contribution in [3.8, 4) is 0 Å². The van der Waals surface area contributed by atoms with E-state index in [1.807, 2.05) is 6.92 Å². The minimum atomic E-state index is -0.497. The Kier molecular flexibility index (Phi) is 5.37. The Morgan fingerprint density at radius 1 is 1.45 bits per heavy atom. The maximum Gasteiger partial charge on any atom is 0.245 e. The number of amides is 2. The van der Waals surface area contributed by atoms with Crippen molar-refractivity contribution in [3.63, 3.8) is 0 Å². The summed E-state index contributed by atoms with van der Waals surface area (Å²) in [5, 5.41) is 2.95. The van der Waals surface area contributed by atoms with Gasteiger partial charge < -0.3 is 20.7 Å². The van der Waals surface area contributed by atoms with Gasteiger partial charge in [0.25, 0.3) is 0 Å². The summed E-state index contributed by atoms with van der Waals surface area (Å²) in [4.78, 5) is 26.4. The number of nitrogens with two attached hydrogens (primary N) is 1. The molecule has 2 rings (SSSR count). The molecule has 3 N–H and O–H groups in total. The van der Waals surface area contributed by atoms with Gasteiger partial charge in [-0.15, -0.1) is 0 Å². The molecule has 6 heteroatoms. The topological polar surface area (TPSA) is 84.7 Å². The fourth-order valence-corrected chi connectivity index (χ4v) is 2.53. The normalized spacial score (nSPS) is 24.3. The second-order valence-corrected chi connectivity index (χ2v) is 5.63.